The topological polar surface area (TPSA) is 70.6 Å². The lowest BCUT2D eigenvalue weighted by Crippen LogP contribution is -2.39. The van der Waals surface area contributed by atoms with Crippen molar-refractivity contribution in [2.24, 2.45) is 10.4 Å². The van der Waals surface area contributed by atoms with Gasteiger partial charge < -0.3 is 10.6 Å². The summed E-state index contributed by atoms with van der Waals surface area (Å²) in [5.41, 5.74) is -0.163. The van der Waals surface area contributed by atoms with Gasteiger partial charge in [0.2, 0.25) is 0 Å². The highest BCUT2D eigenvalue weighted by atomic mass is 127. The zero-order valence-corrected chi connectivity index (χ0v) is 21.1. The molecule has 2 N–H and O–H groups in total. The molecule has 0 amide bonds. The molecule has 0 spiro atoms. The molecule has 9 heteroatoms. The van der Waals surface area contributed by atoms with Crippen LogP contribution in [0.1, 0.15) is 27.2 Å². The van der Waals surface area contributed by atoms with Gasteiger partial charge in [-0.15, -0.1) is 35.7 Å². The number of halogens is 2. The van der Waals surface area contributed by atoms with Crippen LogP contribution >= 0.6 is 47.3 Å². The zero-order valence-electron chi connectivity index (χ0n) is 16.4. The maximum absolute atomic E-state index is 11.4. The standard InChI is InChI=1S/C18H30ClN3O2S2.HI/c1-5-20-17(22-14-18(2,3)10-13-26(4,23)24)21-11-12-25-16-8-6-15(19)7-9-16;/h6-9H,5,10-14H2,1-4H3,(H2,20,21,22);1H. The number of sulfone groups is 1. The Hall–Kier alpha value is -0.190. The number of hydrogen-bond donors (Lipinski definition) is 2. The fourth-order valence-electron chi connectivity index (χ4n) is 2.04. The van der Waals surface area contributed by atoms with E-state index in [9.17, 15) is 8.42 Å². The van der Waals surface area contributed by atoms with Crippen LogP contribution in [0.15, 0.2) is 34.2 Å². The molecule has 0 aromatic heterocycles. The minimum atomic E-state index is -2.94. The Labute approximate surface area is 190 Å². The van der Waals surface area contributed by atoms with Crippen LogP contribution in [-0.4, -0.2) is 51.8 Å². The van der Waals surface area contributed by atoms with E-state index in [4.69, 9.17) is 11.6 Å². The van der Waals surface area contributed by atoms with E-state index in [0.717, 1.165) is 29.8 Å². The highest BCUT2D eigenvalue weighted by Gasteiger charge is 2.20. The minimum absolute atomic E-state index is 0. The van der Waals surface area contributed by atoms with E-state index in [1.54, 1.807) is 11.8 Å². The third kappa shape index (κ3) is 13.6. The first-order valence-electron chi connectivity index (χ1n) is 8.69. The summed E-state index contributed by atoms with van der Waals surface area (Å²) in [5, 5.41) is 7.29. The average Bonchev–Trinajstić information content (AvgIpc) is 2.56. The molecule has 0 aliphatic rings. The highest BCUT2D eigenvalue weighted by molar-refractivity contribution is 14.0. The van der Waals surface area contributed by atoms with Gasteiger partial charge in [-0.3, -0.25) is 4.99 Å². The molecule has 0 aliphatic heterocycles. The summed E-state index contributed by atoms with van der Waals surface area (Å²) in [4.78, 5) is 5.80. The molecule has 0 fully saturated rings. The van der Waals surface area contributed by atoms with Gasteiger partial charge in [-0.1, -0.05) is 25.4 Å². The summed E-state index contributed by atoms with van der Waals surface area (Å²) in [6.45, 7) is 8.24. The first-order valence-corrected chi connectivity index (χ1v) is 12.1. The van der Waals surface area contributed by atoms with Crippen LogP contribution in [0, 0.1) is 5.41 Å². The molecule has 156 valence electrons. The Kier molecular flexibility index (Phi) is 13.0. The van der Waals surface area contributed by atoms with E-state index in [1.165, 1.54) is 11.2 Å². The third-order valence-electron chi connectivity index (χ3n) is 3.64. The van der Waals surface area contributed by atoms with Gasteiger partial charge in [-0.05, 0) is 43.0 Å². The molecule has 0 aliphatic carbocycles. The van der Waals surface area contributed by atoms with Crippen LogP contribution in [0.25, 0.3) is 0 Å². The number of thioether (sulfide) groups is 1. The Morgan fingerprint density at radius 1 is 1.22 bits per heavy atom. The largest absolute Gasteiger partial charge is 0.357 e. The molecule has 0 saturated carbocycles. The number of nitrogens with one attached hydrogen (secondary N) is 2. The second kappa shape index (κ2) is 13.1. The molecule has 0 radical (unpaired) electrons. The molecule has 0 bridgehead atoms. The number of aliphatic imine (C=N–C) groups is 1. The molecule has 1 aromatic carbocycles. The van der Waals surface area contributed by atoms with E-state index in [-0.39, 0.29) is 35.1 Å². The first-order chi connectivity index (χ1) is 12.1. The summed E-state index contributed by atoms with van der Waals surface area (Å²) >= 11 is 7.64. The summed E-state index contributed by atoms with van der Waals surface area (Å²) in [6, 6.07) is 7.80. The fraction of sp³-hybridized carbons (Fsp3) is 0.611. The molecular formula is C18H31ClIN3O2S2. The number of hydrogen-bond acceptors (Lipinski definition) is 4. The zero-order chi connectivity index (χ0) is 19.6. The predicted octanol–water partition coefficient (Wildman–Crippen LogP) is 4.07. The van der Waals surface area contributed by atoms with Crippen LogP contribution in [-0.2, 0) is 9.84 Å². The lowest BCUT2D eigenvalue weighted by molar-refractivity contribution is 0.365. The summed E-state index contributed by atoms with van der Waals surface area (Å²) < 4.78 is 22.7. The molecule has 0 atom stereocenters. The van der Waals surface area contributed by atoms with Crippen molar-refractivity contribution in [3.8, 4) is 0 Å². The number of guanidine groups is 1. The van der Waals surface area contributed by atoms with Gasteiger partial charge in [0.05, 0.1) is 5.75 Å². The predicted molar refractivity (Wildman–Crippen MR) is 130 cm³/mol. The SMILES string of the molecule is CCNC(=NCC(C)(C)CCS(C)(=O)=O)NCCSc1ccc(Cl)cc1.I. The van der Waals surface area contributed by atoms with Crippen LogP contribution < -0.4 is 10.6 Å². The Morgan fingerprint density at radius 2 is 1.85 bits per heavy atom. The fourth-order valence-corrected chi connectivity index (χ4v) is 3.86. The van der Waals surface area contributed by atoms with Gasteiger partial charge in [0.15, 0.2) is 5.96 Å². The number of benzene rings is 1. The van der Waals surface area contributed by atoms with Gasteiger partial charge in [0, 0.05) is 41.6 Å². The second-order valence-corrected chi connectivity index (χ2v) is 10.8. The van der Waals surface area contributed by atoms with Crippen molar-refractivity contribution in [2.45, 2.75) is 32.1 Å². The average molecular weight is 548 g/mol. The first kappa shape index (κ1) is 26.8. The van der Waals surface area contributed by atoms with E-state index < -0.39 is 9.84 Å². The molecule has 1 aromatic rings. The molecule has 0 saturated heterocycles. The van der Waals surface area contributed by atoms with Gasteiger partial charge in [-0.2, -0.15) is 0 Å². The summed E-state index contributed by atoms with van der Waals surface area (Å²) in [5.74, 6) is 1.86. The Morgan fingerprint density at radius 3 is 2.41 bits per heavy atom. The normalized spacial score (nSPS) is 12.4. The number of nitrogens with zero attached hydrogens (tertiary/aromatic N) is 1. The maximum atomic E-state index is 11.4. The lowest BCUT2D eigenvalue weighted by Gasteiger charge is -2.22. The second-order valence-electron chi connectivity index (χ2n) is 6.97. The van der Waals surface area contributed by atoms with E-state index in [1.807, 2.05) is 45.0 Å². The molecular weight excluding hydrogens is 517 g/mol. The van der Waals surface area contributed by atoms with Crippen LogP contribution in [0.3, 0.4) is 0 Å². The van der Waals surface area contributed by atoms with Crippen molar-refractivity contribution in [1.82, 2.24) is 10.6 Å². The van der Waals surface area contributed by atoms with Crippen LogP contribution in [0.2, 0.25) is 5.02 Å². The Bertz CT molecular complexity index is 680. The summed E-state index contributed by atoms with van der Waals surface area (Å²) in [6.07, 6.45) is 1.87. The van der Waals surface area contributed by atoms with Crippen molar-refractivity contribution in [3.05, 3.63) is 29.3 Å². The van der Waals surface area contributed by atoms with E-state index in [2.05, 4.69) is 15.6 Å². The maximum Gasteiger partial charge on any atom is 0.191 e. The molecule has 1 rings (SSSR count). The van der Waals surface area contributed by atoms with Crippen LogP contribution in [0.4, 0.5) is 0 Å². The molecule has 5 nitrogen and oxygen atoms in total. The number of rotatable bonds is 10. The van der Waals surface area contributed by atoms with Crippen molar-refractivity contribution in [2.75, 3.05) is 37.4 Å². The summed E-state index contributed by atoms with van der Waals surface area (Å²) in [7, 11) is -2.94. The monoisotopic (exact) mass is 547 g/mol. The van der Waals surface area contributed by atoms with Gasteiger partial charge >= 0.3 is 0 Å². The molecule has 27 heavy (non-hydrogen) atoms. The highest BCUT2D eigenvalue weighted by Crippen LogP contribution is 2.21. The van der Waals surface area contributed by atoms with Crippen molar-refractivity contribution in [1.29, 1.82) is 0 Å². The minimum Gasteiger partial charge on any atom is -0.357 e. The Balaban J connectivity index is 0.00000676. The van der Waals surface area contributed by atoms with Gasteiger partial charge in [0.25, 0.3) is 0 Å². The van der Waals surface area contributed by atoms with E-state index >= 15 is 0 Å². The van der Waals surface area contributed by atoms with Crippen molar-refractivity contribution in [3.63, 3.8) is 0 Å². The third-order valence-corrected chi connectivity index (χ3v) is 5.85. The van der Waals surface area contributed by atoms with Gasteiger partial charge in [0.1, 0.15) is 9.84 Å². The quantitative estimate of drug-likeness (QED) is 0.152. The van der Waals surface area contributed by atoms with Crippen LogP contribution in [0.5, 0.6) is 0 Å². The van der Waals surface area contributed by atoms with Crippen molar-refractivity contribution >= 4 is 63.1 Å². The van der Waals surface area contributed by atoms with Gasteiger partial charge in [-0.25, -0.2) is 8.42 Å². The lowest BCUT2D eigenvalue weighted by atomic mass is 9.90. The smallest absolute Gasteiger partial charge is 0.191 e. The van der Waals surface area contributed by atoms with Crippen molar-refractivity contribution < 1.29 is 8.42 Å². The van der Waals surface area contributed by atoms with E-state index in [0.29, 0.717) is 13.0 Å². The molecule has 0 unspecified atom stereocenters. The molecule has 0 heterocycles.